The van der Waals surface area contributed by atoms with E-state index >= 15 is 0 Å². The minimum Gasteiger partial charge on any atom is -0.298 e. The van der Waals surface area contributed by atoms with E-state index in [1.54, 1.807) is 11.8 Å². The van der Waals surface area contributed by atoms with Crippen molar-refractivity contribution in [3.63, 3.8) is 0 Å². The summed E-state index contributed by atoms with van der Waals surface area (Å²) in [6.07, 6.45) is 8.33. The van der Waals surface area contributed by atoms with E-state index in [0.717, 1.165) is 23.3 Å². The normalized spacial score (nSPS) is 16.6. The third kappa shape index (κ3) is 3.08. The Morgan fingerprint density at radius 1 is 1.44 bits per heavy atom. The number of pyridine rings is 1. The number of ketones is 1. The number of carbonyl (C=O) groups excluding carboxylic acids is 1. The molecule has 3 heteroatoms. The van der Waals surface area contributed by atoms with E-state index in [2.05, 4.69) is 11.1 Å². The highest BCUT2D eigenvalue weighted by Gasteiger charge is 2.22. The van der Waals surface area contributed by atoms with Crippen molar-refractivity contribution in [1.29, 1.82) is 0 Å². The van der Waals surface area contributed by atoms with Gasteiger partial charge in [-0.3, -0.25) is 9.78 Å². The molecule has 0 radical (unpaired) electrons. The van der Waals surface area contributed by atoms with Crippen molar-refractivity contribution >= 4 is 17.5 Å². The molecule has 1 aliphatic rings. The third-order valence-electron chi connectivity index (χ3n) is 3.04. The van der Waals surface area contributed by atoms with Gasteiger partial charge in [-0.05, 0) is 31.4 Å². The zero-order chi connectivity index (χ0) is 11.4. The largest absolute Gasteiger partial charge is 0.298 e. The maximum absolute atomic E-state index is 11.9. The minimum atomic E-state index is 0.338. The van der Waals surface area contributed by atoms with E-state index in [1.807, 2.05) is 19.3 Å². The minimum absolute atomic E-state index is 0.338. The molecule has 1 heterocycles. The van der Waals surface area contributed by atoms with E-state index in [0.29, 0.717) is 17.5 Å². The number of rotatable bonds is 4. The van der Waals surface area contributed by atoms with Crippen LogP contribution in [0, 0.1) is 12.8 Å². The Kier molecular flexibility index (Phi) is 3.99. The van der Waals surface area contributed by atoms with Crippen molar-refractivity contribution < 1.29 is 4.79 Å². The fourth-order valence-electron chi connectivity index (χ4n) is 2.13. The van der Waals surface area contributed by atoms with Gasteiger partial charge in [-0.15, -0.1) is 11.8 Å². The molecule has 0 aliphatic heterocycles. The summed E-state index contributed by atoms with van der Waals surface area (Å²) in [5.41, 5.74) is 1.15. The standard InChI is InChI=1S/C13H17NOS/c1-10-6-12(8-14-7-10)16-9-13(15)11-4-2-3-5-11/h6-8,11H,2-5,9H2,1H3. The Hall–Kier alpha value is -0.830. The highest BCUT2D eigenvalue weighted by atomic mass is 32.2. The van der Waals surface area contributed by atoms with Gasteiger partial charge < -0.3 is 0 Å². The van der Waals surface area contributed by atoms with Crippen LogP contribution in [0.4, 0.5) is 0 Å². The van der Waals surface area contributed by atoms with Gasteiger partial charge in [0.2, 0.25) is 0 Å². The number of Topliss-reactive ketones (excluding diaryl/α,β-unsaturated/α-hetero) is 1. The van der Waals surface area contributed by atoms with Crippen molar-refractivity contribution in [2.24, 2.45) is 5.92 Å². The second-order valence-electron chi connectivity index (χ2n) is 4.43. The van der Waals surface area contributed by atoms with Crippen molar-refractivity contribution in [2.45, 2.75) is 37.5 Å². The van der Waals surface area contributed by atoms with Crippen LogP contribution < -0.4 is 0 Å². The van der Waals surface area contributed by atoms with Crippen LogP contribution in [0.5, 0.6) is 0 Å². The number of aryl methyl sites for hydroxylation is 1. The second kappa shape index (κ2) is 5.48. The fraction of sp³-hybridized carbons (Fsp3) is 0.538. The molecular weight excluding hydrogens is 218 g/mol. The first-order chi connectivity index (χ1) is 7.75. The fourth-order valence-corrected chi connectivity index (χ4v) is 3.08. The quantitative estimate of drug-likeness (QED) is 0.750. The zero-order valence-electron chi connectivity index (χ0n) is 9.61. The van der Waals surface area contributed by atoms with Crippen LogP contribution in [0.2, 0.25) is 0 Å². The monoisotopic (exact) mass is 235 g/mol. The predicted molar refractivity (Wildman–Crippen MR) is 66.7 cm³/mol. The molecule has 0 aromatic carbocycles. The Bertz CT molecular complexity index is 372. The number of hydrogen-bond acceptors (Lipinski definition) is 3. The number of aromatic nitrogens is 1. The van der Waals surface area contributed by atoms with Crippen LogP contribution in [0.1, 0.15) is 31.2 Å². The van der Waals surface area contributed by atoms with Crippen molar-refractivity contribution in [2.75, 3.05) is 5.75 Å². The zero-order valence-corrected chi connectivity index (χ0v) is 10.4. The summed E-state index contributed by atoms with van der Waals surface area (Å²) in [6, 6.07) is 2.08. The van der Waals surface area contributed by atoms with Crippen LogP contribution in [-0.2, 0) is 4.79 Å². The molecule has 16 heavy (non-hydrogen) atoms. The van der Waals surface area contributed by atoms with E-state index in [4.69, 9.17) is 0 Å². The Morgan fingerprint density at radius 3 is 2.88 bits per heavy atom. The van der Waals surface area contributed by atoms with Crippen molar-refractivity contribution in [1.82, 2.24) is 4.98 Å². The van der Waals surface area contributed by atoms with Crippen LogP contribution in [-0.4, -0.2) is 16.5 Å². The molecule has 1 saturated carbocycles. The van der Waals surface area contributed by atoms with E-state index in [-0.39, 0.29) is 0 Å². The first-order valence-electron chi connectivity index (χ1n) is 5.83. The van der Waals surface area contributed by atoms with Gasteiger partial charge in [0.1, 0.15) is 5.78 Å². The molecule has 1 fully saturated rings. The van der Waals surface area contributed by atoms with Gasteiger partial charge in [0.15, 0.2) is 0 Å². The Labute approximate surface area is 101 Å². The summed E-state index contributed by atoms with van der Waals surface area (Å²) < 4.78 is 0. The van der Waals surface area contributed by atoms with Gasteiger partial charge in [-0.1, -0.05) is 12.8 Å². The molecule has 0 N–H and O–H groups in total. The lowest BCUT2D eigenvalue weighted by atomic mass is 10.0. The highest BCUT2D eigenvalue weighted by Crippen LogP contribution is 2.28. The van der Waals surface area contributed by atoms with Crippen molar-refractivity contribution in [3.05, 3.63) is 24.0 Å². The topological polar surface area (TPSA) is 30.0 Å². The summed E-state index contributed by atoms with van der Waals surface area (Å²) in [7, 11) is 0. The molecule has 86 valence electrons. The molecule has 0 bridgehead atoms. The SMILES string of the molecule is Cc1cncc(SCC(=O)C2CCCC2)c1. The predicted octanol–water partition coefficient (Wildman–Crippen LogP) is 3.24. The molecule has 2 nitrogen and oxygen atoms in total. The second-order valence-corrected chi connectivity index (χ2v) is 5.48. The molecule has 1 aromatic heterocycles. The van der Waals surface area contributed by atoms with Gasteiger partial charge in [0.25, 0.3) is 0 Å². The molecule has 0 saturated heterocycles. The van der Waals surface area contributed by atoms with E-state index < -0.39 is 0 Å². The summed E-state index contributed by atoms with van der Waals surface area (Å²) in [5.74, 6) is 1.37. The van der Waals surface area contributed by atoms with Gasteiger partial charge in [-0.25, -0.2) is 0 Å². The maximum Gasteiger partial charge on any atom is 0.146 e. The first-order valence-corrected chi connectivity index (χ1v) is 6.81. The van der Waals surface area contributed by atoms with Gasteiger partial charge >= 0.3 is 0 Å². The number of thioether (sulfide) groups is 1. The Morgan fingerprint density at radius 2 is 2.19 bits per heavy atom. The Balaban J connectivity index is 1.84. The first kappa shape index (κ1) is 11.6. The van der Waals surface area contributed by atoms with E-state index in [1.165, 1.54) is 12.8 Å². The van der Waals surface area contributed by atoms with Crippen LogP contribution >= 0.6 is 11.8 Å². The van der Waals surface area contributed by atoms with Crippen molar-refractivity contribution in [3.8, 4) is 0 Å². The highest BCUT2D eigenvalue weighted by molar-refractivity contribution is 8.00. The lowest BCUT2D eigenvalue weighted by Crippen LogP contribution is -2.12. The molecule has 1 aromatic rings. The number of carbonyl (C=O) groups is 1. The summed E-state index contributed by atoms with van der Waals surface area (Å²) in [4.78, 5) is 17.1. The average Bonchev–Trinajstić information content (AvgIpc) is 2.79. The summed E-state index contributed by atoms with van der Waals surface area (Å²) in [6.45, 7) is 2.02. The smallest absolute Gasteiger partial charge is 0.146 e. The molecule has 0 amide bonds. The van der Waals surface area contributed by atoms with Crippen LogP contribution in [0.3, 0.4) is 0 Å². The molecule has 0 atom stereocenters. The van der Waals surface area contributed by atoms with Crippen LogP contribution in [0.15, 0.2) is 23.4 Å². The molecule has 0 spiro atoms. The van der Waals surface area contributed by atoms with Gasteiger partial charge in [-0.2, -0.15) is 0 Å². The lowest BCUT2D eigenvalue weighted by Gasteiger charge is -2.07. The summed E-state index contributed by atoms with van der Waals surface area (Å²) >= 11 is 1.62. The van der Waals surface area contributed by atoms with Crippen LogP contribution in [0.25, 0.3) is 0 Å². The molecule has 1 aliphatic carbocycles. The van der Waals surface area contributed by atoms with Gasteiger partial charge in [0.05, 0.1) is 5.75 Å². The average molecular weight is 235 g/mol. The third-order valence-corrected chi connectivity index (χ3v) is 4.03. The van der Waals surface area contributed by atoms with Gasteiger partial charge in [0, 0.05) is 23.2 Å². The summed E-state index contributed by atoms with van der Waals surface area (Å²) in [5, 5.41) is 0. The number of hydrogen-bond donors (Lipinski definition) is 0. The molecular formula is C13H17NOS. The molecule has 2 rings (SSSR count). The maximum atomic E-state index is 11.9. The van der Waals surface area contributed by atoms with E-state index in [9.17, 15) is 4.79 Å². The molecule has 0 unspecified atom stereocenters. The number of nitrogens with zero attached hydrogens (tertiary/aromatic N) is 1. The lowest BCUT2D eigenvalue weighted by molar-refractivity contribution is -0.120.